The van der Waals surface area contributed by atoms with Crippen LogP contribution in [-0.2, 0) is 17.8 Å². The summed E-state index contributed by atoms with van der Waals surface area (Å²) in [6.07, 6.45) is -3.96. The van der Waals surface area contributed by atoms with E-state index in [2.05, 4.69) is 37.4 Å². The molecule has 0 amide bonds. The largest absolute Gasteiger partial charge is 0.493 e. The third-order valence-corrected chi connectivity index (χ3v) is 2.89. The molecule has 1 aliphatic heterocycles. The maximum Gasteiger partial charge on any atom is 0.490 e. The van der Waals surface area contributed by atoms with E-state index < -0.39 is 12.1 Å². The zero-order chi connectivity index (χ0) is 16.8. The molecule has 2 rings (SSSR count). The lowest BCUT2D eigenvalue weighted by Gasteiger charge is -2.18. The van der Waals surface area contributed by atoms with Crippen molar-refractivity contribution in [3.8, 4) is 5.75 Å². The number of aliphatic carboxylic acids is 1. The lowest BCUT2D eigenvalue weighted by atomic mass is 10.0. The van der Waals surface area contributed by atoms with Crippen LogP contribution in [0.5, 0.6) is 5.75 Å². The molecule has 1 aliphatic rings. The molecular weight excluding hydrogens is 299 g/mol. The third-order valence-electron chi connectivity index (χ3n) is 2.89. The molecule has 1 aromatic carbocycles. The second-order valence-electron chi connectivity index (χ2n) is 5.37. The van der Waals surface area contributed by atoms with Gasteiger partial charge in [0, 0.05) is 6.54 Å². The molecule has 124 valence electrons. The molecule has 0 fully saturated rings. The van der Waals surface area contributed by atoms with Crippen molar-refractivity contribution in [2.45, 2.75) is 33.0 Å². The van der Waals surface area contributed by atoms with Gasteiger partial charge in [0.1, 0.15) is 5.75 Å². The maximum absolute atomic E-state index is 10.6. The van der Waals surface area contributed by atoms with E-state index in [1.807, 2.05) is 0 Å². The number of nitrogens with one attached hydrogen (secondary N) is 1. The Labute approximate surface area is 127 Å². The number of benzene rings is 1. The molecule has 0 unspecified atom stereocenters. The first-order valence-electron chi connectivity index (χ1n) is 6.95. The van der Waals surface area contributed by atoms with Crippen LogP contribution in [0.3, 0.4) is 0 Å². The number of alkyl halides is 3. The van der Waals surface area contributed by atoms with E-state index in [4.69, 9.17) is 14.6 Å². The summed E-state index contributed by atoms with van der Waals surface area (Å²) >= 11 is 0. The Morgan fingerprint density at radius 1 is 1.36 bits per heavy atom. The van der Waals surface area contributed by atoms with E-state index in [9.17, 15) is 13.2 Å². The molecule has 0 aliphatic carbocycles. The first-order valence-corrected chi connectivity index (χ1v) is 6.95. The summed E-state index contributed by atoms with van der Waals surface area (Å²) in [7, 11) is 0. The summed E-state index contributed by atoms with van der Waals surface area (Å²) in [4.78, 5) is 8.90. The number of carboxylic acid groups (broad SMARTS) is 1. The van der Waals surface area contributed by atoms with E-state index in [0.717, 1.165) is 31.9 Å². The van der Waals surface area contributed by atoms with Crippen LogP contribution in [0.2, 0.25) is 0 Å². The number of hydrogen-bond acceptors (Lipinski definition) is 3. The molecule has 0 atom stereocenters. The number of halogens is 3. The highest BCUT2D eigenvalue weighted by Gasteiger charge is 2.38. The first kappa shape index (κ1) is 18.3. The minimum atomic E-state index is -5.08. The van der Waals surface area contributed by atoms with E-state index >= 15 is 0 Å². The van der Waals surface area contributed by atoms with Crippen molar-refractivity contribution in [2.24, 2.45) is 5.92 Å². The number of ether oxygens (including phenoxy) is 1. The Balaban J connectivity index is 0.000000295. The van der Waals surface area contributed by atoms with Crippen molar-refractivity contribution < 1.29 is 27.8 Å². The van der Waals surface area contributed by atoms with Gasteiger partial charge in [-0.15, -0.1) is 0 Å². The van der Waals surface area contributed by atoms with Crippen molar-refractivity contribution in [1.82, 2.24) is 5.32 Å². The predicted molar refractivity (Wildman–Crippen MR) is 75.9 cm³/mol. The minimum Gasteiger partial charge on any atom is -0.493 e. The standard InChI is InChI=1S/C13H19NO.C2HF3O2/c1-10(2)9-15-13-4-3-12-8-14-6-5-11(12)7-13;3-2(4,5)1(6)7/h3-4,7,10,14H,5-6,8-9H2,1-2H3;(H,6,7). The van der Waals surface area contributed by atoms with Gasteiger partial charge in [0.15, 0.2) is 0 Å². The van der Waals surface area contributed by atoms with Gasteiger partial charge in [-0.25, -0.2) is 4.79 Å². The normalized spacial score (nSPS) is 13.9. The SMILES string of the molecule is CC(C)COc1ccc2c(c1)CCNC2.O=C(O)C(F)(F)F. The Morgan fingerprint density at radius 2 is 2.00 bits per heavy atom. The smallest absolute Gasteiger partial charge is 0.490 e. The number of hydrogen-bond donors (Lipinski definition) is 2. The van der Waals surface area contributed by atoms with Crippen molar-refractivity contribution in [3.05, 3.63) is 29.3 Å². The second kappa shape index (κ2) is 8.03. The van der Waals surface area contributed by atoms with E-state index in [1.54, 1.807) is 0 Å². The van der Waals surface area contributed by atoms with Gasteiger partial charge in [0.2, 0.25) is 0 Å². The number of rotatable bonds is 3. The highest BCUT2D eigenvalue weighted by molar-refractivity contribution is 5.73. The molecule has 0 radical (unpaired) electrons. The zero-order valence-corrected chi connectivity index (χ0v) is 12.5. The molecule has 0 aromatic heterocycles. The molecular formula is C15H20F3NO3. The van der Waals surface area contributed by atoms with Crippen molar-refractivity contribution in [1.29, 1.82) is 0 Å². The molecule has 7 heteroatoms. The third kappa shape index (κ3) is 6.34. The Bertz CT molecular complexity index is 501. The van der Waals surface area contributed by atoms with E-state index in [1.165, 1.54) is 11.1 Å². The van der Waals surface area contributed by atoms with Gasteiger partial charge in [-0.1, -0.05) is 19.9 Å². The van der Waals surface area contributed by atoms with Gasteiger partial charge >= 0.3 is 12.1 Å². The fraction of sp³-hybridized carbons (Fsp3) is 0.533. The maximum atomic E-state index is 10.6. The molecule has 22 heavy (non-hydrogen) atoms. The van der Waals surface area contributed by atoms with Gasteiger partial charge in [0.25, 0.3) is 0 Å². The molecule has 2 N–H and O–H groups in total. The molecule has 0 saturated heterocycles. The van der Waals surface area contributed by atoms with Crippen molar-refractivity contribution >= 4 is 5.97 Å². The van der Waals surface area contributed by atoms with Crippen LogP contribution in [0.15, 0.2) is 18.2 Å². The number of carboxylic acids is 1. The molecule has 0 spiro atoms. The Kier molecular flexibility index (Phi) is 6.67. The molecule has 1 aromatic rings. The Morgan fingerprint density at radius 3 is 2.55 bits per heavy atom. The quantitative estimate of drug-likeness (QED) is 0.899. The summed E-state index contributed by atoms with van der Waals surface area (Å²) in [5.41, 5.74) is 2.85. The van der Waals surface area contributed by atoms with Gasteiger partial charge in [0.05, 0.1) is 6.61 Å². The van der Waals surface area contributed by atoms with Crippen LogP contribution in [0.4, 0.5) is 13.2 Å². The van der Waals surface area contributed by atoms with Crippen molar-refractivity contribution in [3.63, 3.8) is 0 Å². The fourth-order valence-electron chi connectivity index (χ4n) is 1.81. The number of carbonyl (C=O) groups is 1. The average Bonchev–Trinajstić information content (AvgIpc) is 2.44. The van der Waals surface area contributed by atoms with Crippen LogP contribution in [0.1, 0.15) is 25.0 Å². The fourth-order valence-corrected chi connectivity index (χ4v) is 1.81. The molecule has 1 heterocycles. The Hall–Kier alpha value is -1.76. The molecule has 0 saturated carbocycles. The van der Waals surface area contributed by atoms with Crippen LogP contribution < -0.4 is 10.1 Å². The number of fused-ring (bicyclic) bond motifs is 1. The highest BCUT2D eigenvalue weighted by Crippen LogP contribution is 2.21. The summed E-state index contributed by atoms with van der Waals surface area (Å²) in [5.74, 6) is -1.15. The highest BCUT2D eigenvalue weighted by atomic mass is 19.4. The minimum absolute atomic E-state index is 0.586. The lowest BCUT2D eigenvalue weighted by Crippen LogP contribution is -2.23. The van der Waals surface area contributed by atoms with Crippen LogP contribution >= 0.6 is 0 Å². The van der Waals surface area contributed by atoms with Gasteiger partial charge in [-0.05, 0) is 42.1 Å². The van der Waals surface area contributed by atoms with Gasteiger partial charge in [-0.3, -0.25) is 0 Å². The van der Waals surface area contributed by atoms with E-state index in [-0.39, 0.29) is 0 Å². The zero-order valence-electron chi connectivity index (χ0n) is 12.5. The van der Waals surface area contributed by atoms with Gasteiger partial charge in [-0.2, -0.15) is 13.2 Å². The van der Waals surface area contributed by atoms with Gasteiger partial charge < -0.3 is 15.2 Å². The van der Waals surface area contributed by atoms with Crippen LogP contribution in [-0.4, -0.2) is 30.4 Å². The second-order valence-corrected chi connectivity index (χ2v) is 5.37. The summed E-state index contributed by atoms with van der Waals surface area (Å²) in [6, 6.07) is 6.45. The van der Waals surface area contributed by atoms with Crippen LogP contribution in [0, 0.1) is 5.92 Å². The monoisotopic (exact) mass is 319 g/mol. The van der Waals surface area contributed by atoms with Crippen LogP contribution in [0.25, 0.3) is 0 Å². The van der Waals surface area contributed by atoms with Crippen molar-refractivity contribution in [2.75, 3.05) is 13.2 Å². The average molecular weight is 319 g/mol. The summed E-state index contributed by atoms with van der Waals surface area (Å²) < 4.78 is 37.4. The topological polar surface area (TPSA) is 58.6 Å². The summed E-state index contributed by atoms with van der Waals surface area (Å²) in [6.45, 7) is 7.22. The first-order chi connectivity index (χ1) is 10.2. The summed E-state index contributed by atoms with van der Waals surface area (Å²) in [5, 5.41) is 10.5. The predicted octanol–water partition coefficient (Wildman–Crippen LogP) is 3.00. The van der Waals surface area contributed by atoms with E-state index in [0.29, 0.717) is 5.92 Å². The molecule has 4 nitrogen and oxygen atoms in total. The lowest BCUT2D eigenvalue weighted by molar-refractivity contribution is -0.192. The molecule has 0 bridgehead atoms.